The number of nitrogens with zero attached hydrogens (tertiary/aromatic N) is 5. The number of hydrogen-bond donors (Lipinski definition) is 5. The molecule has 60 heavy (non-hydrogen) atoms. The molecule has 5 aliphatic rings. The highest BCUT2D eigenvalue weighted by molar-refractivity contribution is 5.70. The number of aliphatic hydroxyl groups is 4. The van der Waals surface area contributed by atoms with Gasteiger partial charge in [-0.2, -0.15) is 0 Å². The molecule has 0 saturated carbocycles. The first kappa shape index (κ1) is 40.6. The zero-order valence-corrected chi connectivity index (χ0v) is 34.8. The van der Waals surface area contributed by atoms with E-state index in [-0.39, 0.29) is 36.5 Å². The van der Waals surface area contributed by atoms with Crippen molar-refractivity contribution < 1.29 is 25.3 Å². The van der Waals surface area contributed by atoms with Crippen molar-refractivity contribution in [3.63, 3.8) is 0 Å². The van der Waals surface area contributed by atoms with Gasteiger partial charge in [-0.1, -0.05) is 12.2 Å². The van der Waals surface area contributed by atoms with Gasteiger partial charge in [0.2, 0.25) is 0 Å². The Bertz CT molecular complexity index is 1730. The van der Waals surface area contributed by atoms with Gasteiger partial charge in [-0.05, 0) is 136 Å². The Kier molecular flexibility index (Phi) is 12.5. The molecule has 1 aliphatic carbocycles. The number of rotatable bonds is 10. The number of aliphatic hydroxyl groups excluding tert-OH is 4. The maximum atomic E-state index is 10.1. The zero-order chi connectivity index (χ0) is 41.0. The molecule has 4 aliphatic heterocycles. The predicted octanol–water partition coefficient (Wildman–Crippen LogP) is 6.08. The van der Waals surface area contributed by atoms with Crippen LogP contribution in [-0.4, -0.2) is 109 Å². The van der Waals surface area contributed by atoms with Crippen LogP contribution in [0.1, 0.15) is 51.4 Å². The third kappa shape index (κ3) is 9.23. The summed E-state index contributed by atoms with van der Waals surface area (Å²) < 4.78 is 0. The van der Waals surface area contributed by atoms with E-state index in [1.165, 1.54) is 39.0 Å². The molecular weight excluding hydrogens is 749 g/mol. The smallest absolute Gasteiger partial charge is 0.137 e. The summed E-state index contributed by atoms with van der Waals surface area (Å²) in [7, 11) is 0. The van der Waals surface area contributed by atoms with Gasteiger partial charge in [0.1, 0.15) is 17.4 Å². The Balaban J connectivity index is 0.999. The van der Waals surface area contributed by atoms with Crippen molar-refractivity contribution in [1.29, 1.82) is 0 Å². The first-order chi connectivity index (χ1) is 29.3. The largest absolute Gasteiger partial charge is 0.393 e. The van der Waals surface area contributed by atoms with Crippen molar-refractivity contribution in [2.24, 2.45) is 0 Å². The Morgan fingerprint density at radius 1 is 0.367 bits per heavy atom. The molecule has 10 heteroatoms. The van der Waals surface area contributed by atoms with Crippen LogP contribution in [0.3, 0.4) is 0 Å². The summed E-state index contributed by atoms with van der Waals surface area (Å²) in [6, 6.07) is 35.9. The summed E-state index contributed by atoms with van der Waals surface area (Å²) in [6.45, 7) is 6.94. The van der Waals surface area contributed by atoms with E-state index in [4.69, 9.17) is 0 Å². The minimum atomic E-state index is -0.204. The average Bonchev–Trinajstić information content (AvgIpc) is 3.29. The van der Waals surface area contributed by atoms with E-state index < -0.39 is 0 Å². The van der Waals surface area contributed by atoms with Crippen LogP contribution in [0.15, 0.2) is 121 Å². The molecule has 0 atom stereocenters. The Morgan fingerprint density at radius 2 is 0.633 bits per heavy atom. The molecule has 0 spiro atoms. The minimum absolute atomic E-state index is 0.0110. The summed E-state index contributed by atoms with van der Waals surface area (Å²) in [5.74, 6) is 0. The molecule has 0 radical (unpaired) electrons. The number of hydrogen-bond acceptors (Lipinski definition) is 9. The second-order valence-electron chi connectivity index (χ2n) is 17.6. The van der Waals surface area contributed by atoms with Gasteiger partial charge in [-0.25, -0.2) is 0 Å². The topological polar surface area (TPSA) is 102 Å². The van der Waals surface area contributed by atoms with Gasteiger partial charge >= 0.3 is 0 Å². The van der Waals surface area contributed by atoms with Crippen LogP contribution in [0.4, 0.5) is 45.5 Å². The fourth-order valence-electron chi connectivity index (χ4n) is 9.85. The first-order valence-electron chi connectivity index (χ1n) is 22.5. The van der Waals surface area contributed by atoms with E-state index >= 15 is 0 Å². The van der Waals surface area contributed by atoms with Crippen molar-refractivity contribution in [3.05, 3.63) is 121 Å². The van der Waals surface area contributed by atoms with Crippen LogP contribution in [0.25, 0.3) is 0 Å². The normalized spacial score (nSPS) is 22.6. The van der Waals surface area contributed by atoms with Gasteiger partial charge in [0.05, 0.1) is 30.5 Å². The molecule has 9 rings (SSSR count). The van der Waals surface area contributed by atoms with E-state index in [2.05, 4.69) is 146 Å². The molecule has 4 aromatic rings. The van der Waals surface area contributed by atoms with Gasteiger partial charge in [0, 0.05) is 111 Å². The molecule has 316 valence electrons. The lowest BCUT2D eigenvalue weighted by Crippen LogP contribution is -3.06. The fourth-order valence-corrected chi connectivity index (χ4v) is 9.85. The summed E-state index contributed by atoms with van der Waals surface area (Å²) in [5, 5.41) is 40.5. The van der Waals surface area contributed by atoms with E-state index in [1.54, 1.807) is 0 Å². The molecule has 4 heterocycles. The highest BCUT2D eigenvalue weighted by Gasteiger charge is 2.29. The Hall–Kier alpha value is -4.84. The van der Waals surface area contributed by atoms with Gasteiger partial charge in [0.25, 0.3) is 0 Å². The summed E-state index contributed by atoms with van der Waals surface area (Å²) in [6.07, 6.45) is 15.1. The third-order valence-electron chi connectivity index (χ3n) is 13.6. The zero-order valence-electron chi connectivity index (χ0n) is 34.8. The second kappa shape index (κ2) is 18.4. The Labute approximate surface area is 355 Å². The van der Waals surface area contributed by atoms with E-state index in [9.17, 15) is 20.4 Å². The van der Waals surface area contributed by atoms with Crippen LogP contribution in [0, 0.1) is 0 Å². The summed E-state index contributed by atoms with van der Waals surface area (Å²) in [4.78, 5) is 13.2. The average molecular weight is 812 g/mol. The molecule has 10 nitrogen and oxygen atoms in total. The van der Waals surface area contributed by atoms with Crippen molar-refractivity contribution in [2.75, 3.05) is 76.9 Å². The first-order valence-corrected chi connectivity index (χ1v) is 22.5. The maximum absolute atomic E-state index is 10.1. The molecule has 4 fully saturated rings. The number of piperidine rings is 4. The lowest BCUT2D eigenvalue weighted by Gasteiger charge is -2.35. The lowest BCUT2D eigenvalue weighted by molar-refractivity contribution is -0.774. The second-order valence-corrected chi connectivity index (χ2v) is 17.6. The standard InChI is InChI=1S/C50H62N6O4/c57-47-21-29-51(30-22-47)37-1-9-41(10-2-37)55(42-11-3-38(4-12-42)52-31-23-48(58)24-32-52)45-17-19-46(20-18-45)56(43-13-5-39(6-14-43)53-33-25-49(59)26-34-53)44-15-7-40(8-16-44)54-35-27-50(60)28-36-54/h1-20,45-50,57-60H,21-36H2/p+1. The minimum Gasteiger partial charge on any atom is -0.393 e. The van der Waals surface area contributed by atoms with Crippen molar-refractivity contribution in [2.45, 2.75) is 87.9 Å². The molecule has 4 aromatic carbocycles. The van der Waals surface area contributed by atoms with E-state index in [0.29, 0.717) is 0 Å². The monoisotopic (exact) mass is 811 g/mol. The van der Waals surface area contributed by atoms with Crippen LogP contribution in [0.2, 0.25) is 0 Å². The Morgan fingerprint density at radius 3 is 0.917 bits per heavy atom. The number of anilines is 6. The highest BCUT2D eigenvalue weighted by atomic mass is 16.3. The van der Waals surface area contributed by atoms with Gasteiger partial charge in [0.15, 0.2) is 0 Å². The number of benzene rings is 4. The molecule has 0 amide bonds. The quantitative estimate of drug-likeness (QED) is 0.122. The summed E-state index contributed by atoms with van der Waals surface area (Å²) >= 11 is 0. The highest BCUT2D eigenvalue weighted by Crippen LogP contribution is 2.35. The van der Waals surface area contributed by atoms with E-state index in [0.717, 1.165) is 115 Å². The predicted molar refractivity (Wildman–Crippen MR) is 244 cm³/mol. The van der Waals surface area contributed by atoms with Crippen molar-refractivity contribution in [1.82, 2.24) is 0 Å². The molecular formula is C50H63N6O4+. The SMILES string of the molecule is OC1CCN(c2ccc(N(c3ccc(N4CCC(O)CC4)cc3)C3C=CC([NH+](c4ccc(N5CCC(O)CC5)cc4)c4ccc(N5CCC(O)CC5)cc4)C=C3)cc2)CC1. The molecule has 0 aromatic heterocycles. The molecule has 0 bridgehead atoms. The van der Waals surface area contributed by atoms with E-state index in [1.807, 2.05) is 0 Å². The van der Waals surface area contributed by atoms with Crippen LogP contribution in [0.5, 0.6) is 0 Å². The van der Waals surface area contributed by atoms with Gasteiger partial charge in [-0.3, -0.25) is 4.90 Å². The van der Waals surface area contributed by atoms with Crippen LogP contribution < -0.4 is 29.4 Å². The molecule has 4 saturated heterocycles. The maximum Gasteiger partial charge on any atom is 0.137 e. The van der Waals surface area contributed by atoms with Crippen LogP contribution >= 0.6 is 0 Å². The van der Waals surface area contributed by atoms with Crippen molar-refractivity contribution >= 4 is 45.5 Å². The molecule has 5 N–H and O–H groups in total. The van der Waals surface area contributed by atoms with Gasteiger partial charge in [-0.15, -0.1) is 0 Å². The fraction of sp³-hybridized carbons (Fsp3) is 0.440. The lowest BCUT2D eigenvalue weighted by atomic mass is 10.0. The van der Waals surface area contributed by atoms with Gasteiger partial charge < -0.3 is 44.9 Å². The van der Waals surface area contributed by atoms with Crippen molar-refractivity contribution in [3.8, 4) is 0 Å². The summed E-state index contributed by atoms with van der Waals surface area (Å²) in [5.41, 5.74) is 9.41. The number of quaternary nitrogens is 1. The third-order valence-corrected chi connectivity index (χ3v) is 13.6. The van der Waals surface area contributed by atoms with Crippen LogP contribution in [-0.2, 0) is 0 Å². The molecule has 0 unspecified atom stereocenters. The number of nitrogens with one attached hydrogen (secondary N) is 1.